The van der Waals surface area contributed by atoms with Gasteiger partial charge in [-0.25, -0.2) is 4.79 Å². The number of urea groups is 1. The smallest absolute Gasteiger partial charge is 0.317 e. The second-order valence-electron chi connectivity index (χ2n) is 5.14. The molecule has 1 unspecified atom stereocenters. The van der Waals surface area contributed by atoms with E-state index < -0.39 is 11.9 Å². The maximum Gasteiger partial charge on any atom is 0.317 e. The summed E-state index contributed by atoms with van der Waals surface area (Å²) in [4.78, 5) is 24.5. The van der Waals surface area contributed by atoms with E-state index in [1.807, 2.05) is 13.1 Å². The number of likely N-dealkylation sites (tertiary alicyclic amines) is 1. The summed E-state index contributed by atoms with van der Waals surface area (Å²) in [5.41, 5.74) is 1.08. The summed E-state index contributed by atoms with van der Waals surface area (Å²) < 4.78 is 1.77. The van der Waals surface area contributed by atoms with Crippen LogP contribution < -0.4 is 5.32 Å². The van der Waals surface area contributed by atoms with Crippen molar-refractivity contribution < 1.29 is 14.7 Å². The van der Waals surface area contributed by atoms with E-state index in [-0.39, 0.29) is 6.03 Å². The van der Waals surface area contributed by atoms with Crippen LogP contribution in [0, 0.1) is 12.8 Å². The number of rotatable bonds is 4. The predicted octanol–water partition coefficient (Wildman–Crippen LogP) is 0.698. The molecule has 2 N–H and O–H groups in total. The number of nitrogens with one attached hydrogen (secondary N) is 1. The molecular weight excluding hydrogens is 260 g/mol. The zero-order chi connectivity index (χ0) is 14.5. The van der Waals surface area contributed by atoms with Gasteiger partial charge < -0.3 is 15.3 Å². The van der Waals surface area contributed by atoms with Crippen LogP contribution in [0.2, 0.25) is 0 Å². The Balaban J connectivity index is 1.75. The molecule has 1 atom stereocenters. The summed E-state index contributed by atoms with van der Waals surface area (Å²) in [6, 6.07) is -0.195. The fourth-order valence-electron chi connectivity index (χ4n) is 2.34. The van der Waals surface area contributed by atoms with Gasteiger partial charge in [-0.2, -0.15) is 5.10 Å². The Bertz CT molecular complexity index is 486. The third kappa shape index (κ3) is 3.72. The lowest BCUT2D eigenvalue weighted by atomic mass is 9.99. The van der Waals surface area contributed by atoms with E-state index in [1.165, 1.54) is 0 Å². The second-order valence-corrected chi connectivity index (χ2v) is 5.14. The first-order valence-electron chi connectivity index (χ1n) is 6.81. The van der Waals surface area contributed by atoms with Crippen molar-refractivity contribution in [3.8, 4) is 0 Å². The van der Waals surface area contributed by atoms with E-state index >= 15 is 0 Å². The standard InChI is InChI=1S/C13H20N4O3/c1-10-7-15-17(8-10)6-4-14-13(20)16-5-2-3-11(9-16)12(18)19/h7-8,11H,2-6,9H2,1H3,(H,14,20)(H,18,19). The molecule has 1 aromatic heterocycles. The molecule has 0 saturated carbocycles. The molecule has 0 spiro atoms. The highest BCUT2D eigenvalue weighted by molar-refractivity contribution is 5.76. The highest BCUT2D eigenvalue weighted by Crippen LogP contribution is 2.16. The maximum atomic E-state index is 12.0. The zero-order valence-corrected chi connectivity index (χ0v) is 11.6. The molecule has 7 heteroatoms. The molecule has 0 radical (unpaired) electrons. The minimum Gasteiger partial charge on any atom is -0.481 e. The van der Waals surface area contributed by atoms with Gasteiger partial charge >= 0.3 is 12.0 Å². The zero-order valence-electron chi connectivity index (χ0n) is 11.6. The van der Waals surface area contributed by atoms with Gasteiger partial charge in [-0.05, 0) is 25.3 Å². The quantitative estimate of drug-likeness (QED) is 0.849. The number of aliphatic carboxylic acids is 1. The third-order valence-corrected chi connectivity index (χ3v) is 3.44. The van der Waals surface area contributed by atoms with Crippen LogP contribution in [0.25, 0.3) is 0 Å². The molecule has 1 aliphatic heterocycles. The van der Waals surface area contributed by atoms with E-state index in [0.717, 1.165) is 12.0 Å². The lowest BCUT2D eigenvalue weighted by Gasteiger charge is -2.30. The average Bonchev–Trinajstić information content (AvgIpc) is 2.84. The van der Waals surface area contributed by atoms with Gasteiger partial charge in [0, 0.05) is 25.8 Å². The van der Waals surface area contributed by atoms with Crippen LogP contribution >= 0.6 is 0 Å². The van der Waals surface area contributed by atoms with Crippen molar-refractivity contribution in [2.75, 3.05) is 19.6 Å². The molecule has 20 heavy (non-hydrogen) atoms. The lowest BCUT2D eigenvalue weighted by Crippen LogP contribution is -2.47. The molecule has 0 bridgehead atoms. The van der Waals surface area contributed by atoms with Crippen LogP contribution in [-0.2, 0) is 11.3 Å². The highest BCUT2D eigenvalue weighted by atomic mass is 16.4. The first kappa shape index (κ1) is 14.4. The number of aryl methyl sites for hydroxylation is 1. The molecular formula is C13H20N4O3. The van der Waals surface area contributed by atoms with E-state index in [9.17, 15) is 9.59 Å². The molecule has 2 rings (SSSR count). The fraction of sp³-hybridized carbons (Fsp3) is 0.615. The number of hydrogen-bond donors (Lipinski definition) is 2. The van der Waals surface area contributed by atoms with E-state index in [1.54, 1.807) is 15.8 Å². The van der Waals surface area contributed by atoms with Crippen molar-refractivity contribution in [1.82, 2.24) is 20.0 Å². The molecule has 110 valence electrons. The molecule has 7 nitrogen and oxygen atoms in total. The number of carbonyl (C=O) groups excluding carboxylic acids is 1. The molecule has 1 saturated heterocycles. The Labute approximate surface area is 117 Å². The van der Waals surface area contributed by atoms with Gasteiger partial charge in [0.2, 0.25) is 0 Å². The van der Waals surface area contributed by atoms with E-state index in [4.69, 9.17) is 5.11 Å². The number of carboxylic acid groups (broad SMARTS) is 1. The van der Waals surface area contributed by atoms with Crippen molar-refractivity contribution in [3.05, 3.63) is 18.0 Å². The summed E-state index contributed by atoms with van der Waals surface area (Å²) in [6.45, 7) is 3.96. The Kier molecular flexibility index (Phi) is 4.60. The van der Waals surface area contributed by atoms with Crippen molar-refractivity contribution in [2.24, 2.45) is 5.92 Å². The molecule has 2 heterocycles. The van der Waals surface area contributed by atoms with Crippen LogP contribution in [0.3, 0.4) is 0 Å². The average molecular weight is 280 g/mol. The monoisotopic (exact) mass is 280 g/mol. The molecule has 1 aromatic rings. The van der Waals surface area contributed by atoms with Crippen molar-refractivity contribution >= 4 is 12.0 Å². The van der Waals surface area contributed by atoms with Gasteiger partial charge in [0.25, 0.3) is 0 Å². The Morgan fingerprint density at radius 2 is 2.35 bits per heavy atom. The molecule has 1 fully saturated rings. The minimum atomic E-state index is -0.825. The van der Waals surface area contributed by atoms with E-state index in [0.29, 0.717) is 32.6 Å². The SMILES string of the molecule is Cc1cnn(CCNC(=O)N2CCCC(C(=O)O)C2)c1. The Hall–Kier alpha value is -2.05. The molecule has 0 aliphatic carbocycles. The number of carboxylic acids is 1. The summed E-state index contributed by atoms with van der Waals surface area (Å²) in [6.07, 6.45) is 5.06. The Morgan fingerprint density at radius 1 is 1.55 bits per heavy atom. The Morgan fingerprint density at radius 3 is 3.00 bits per heavy atom. The molecule has 2 amide bonds. The van der Waals surface area contributed by atoms with Crippen LogP contribution in [-0.4, -0.2) is 51.4 Å². The summed E-state index contributed by atoms with van der Waals surface area (Å²) in [7, 11) is 0. The van der Waals surface area contributed by atoms with Crippen LogP contribution in [0.5, 0.6) is 0 Å². The van der Waals surface area contributed by atoms with Gasteiger partial charge in [-0.1, -0.05) is 0 Å². The number of carbonyl (C=O) groups is 2. The number of piperidine rings is 1. The summed E-state index contributed by atoms with van der Waals surface area (Å²) in [5.74, 6) is -1.27. The van der Waals surface area contributed by atoms with Gasteiger partial charge in [-0.15, -0.1) is 0 Å². The molecule has 0 aromatic carbocycles. The van der Waals surface area contributed by atoms with Gasteiger partial charge in [0.05, 0.1) is 18.7 Å². The highest BCUT2D eigenvalue weighted by Gasteiger charge is 2.27. The number of aromatic nitrogens is 2. The predicted molar refractivity (Wildman–Crippen MR) is 72.3 cm³/mol. The lowest BCUT2D eigenvalue weighted by molar-refractivity contribution is -0.143. The van der Waals surface area contributed by atoms with Gasteiger partial charge in [-0.3, -0.25) is 9.48 Å². The van der Waals surface area contributed by atoms with Crippen molar-refractivity contribution in [2.45, 2.75) is 26.3 Å². The fourth-order valence-corrected chi connectivity index (χ4v) is 2.34. The molecule has 1 aliphatic rings. The first-order valence-corrected chi connectivity index (χ1v) is 6.81. The topological polar surface area (TPSA) is 87.5 Å². The van der Waals surface area contributed by atoms with Crippen LogP contribution in [0.4, 0.5) is 4.79 Å². The number of nitrogens with zero attached hydrogens (tertiary/aromatic N) is 3. The second kappa shape index (κ2) is 6.40. The van der Waals surface area contributed by atoms with Gasteiger partial charge in [0.15, 0.2) is 0 Å². The van der Waals surface area contributed by atoms with E-state index in [2.05, 4.69) is 10.4 Å². The summed E-state index contributed by atoms with van der Waals surface area (Å²) >= 11 is 0. The number of amides is 2. The van der Waals surface area contributed by atoms with Crippen LogP contribution in [0.15, 0.2) is 12.4 Å². The maximum absolute atomic E-state index is 12.0. The van der Waals surface area contributed by atoms with Crippen molar-refractivity contribution in [1.29, 1.82) is 0 Å². The third-order valence-electron chi connectivity index (χ3n) is 3.44. The van der Waals surface area contributed by atoms with Crippen molar-refractivity contribution in [3.63, 3.8) is 0 Å². The largest absolute Gasteiger partial charge is 0.481 e. The first-order chi connectivity index (χ1) is 9.56. The minimum absolute atomic E-state index is 0.195. The number of hydrogen-bond acceptors (Lipinski definition) is 3. The normalized spacial score (nSPS) is 18.9. The van der Waals surface area contributed by atoms with Gasteiger partial charge in [0.1, 0.15) is 0 Å². The van der Waals surface area contributed by atoms with Crippen LogP contribution in [0.1, 0.15) is 18.4 Å². The summed E-state index contributed by atoms with van der Waals surface area (Å²) in [5, 5.41) is 15.9.